The number of nitrogens with two attached hydrogens (primary N) is 1. The smallest absolute Gasteiger partial charge is 0.264 e. The molecule has 0 aliphatic carbocycles. The van der Waals surface area contributed by atoms with Crippen LogP contribution in [0.25, 0.3) is 0 Å². The summed E-state index contributed by atoms with van der Waals surface area (Å²) in [7, 11) is -3.54. The molecule has 7 heteroatoms. The Balaban J connectivity index is 2.87. The fraction of sp³-hybridized carbons (Fsp3) is 0.300. The fourth-order valence-electron chi connectivity index (χ4n) is 1.19. The van der Waals surface area contributed by atoms with E-state index < -0.39 is 15.9 Å². The average molecular weight is 368 g/mol. The predicted octanol–water partition coefficient (Wildman–Crippen LogP) is 1.34. The number of carbonyl (C=O) groups excluding carboxylic acids is 1. The second-order valence-electron chi connectivity index (χ2n) is 3.49. The lowest BCUT2D eigenvalue weighted by Crippen LogP contribution is -2.32. The first-order chi connectivity index (χ1) is 7.85. The van der Waals surface area contributed by atoms with Crippen LogP contribution in [0.4, 0.5) is 5.69 Å². The van der Waals surface area contributed by atoms with Crippen molar-refractivity contribution < 1.29 is 13.2 Å². The van der Waals surface area contributed by atoms with Crippen molar-refractivity contribution in [2.45, 2.75) is 13.3 Å². The lowest BCUT2D eigenvalue weighted by molar-refractivity contribution is 0.0981. The van der Waals surface area contributed by atoms with E-state index in [9.17, 15) is 13.2 Å². The van der Waals surface area contributed by atoms with Crippen LogP contribution >= 0.6 is 22.6 Å². The summed E-state index contributed by atoms with van der Waals surface area (Å²) in [6, 6.07) is 4.62. The number of halogens is 1. The van der Waals surface area contributed by atoms with Crippen molar-refractivity contribution in [2.24, 2.45) is 0 Å². The summed E-state index contributed by atoms with van der Waals surface area (Å²) in [4.78, 5) is 11.7. The van der Waals surface area contributed by atoms with Crippen molar-refractivity contribution in [3.8, 4) is 0 Å². The van der Waals surface area contributed by atoms with Crippen LogP contribution < -0.4 is 10.5 Å². The highest BCUT2D eigenvalue weighted by Crippen LogP contribution is 2.16. The Kier molecular flexibility index (Phi) is 4.75. The molecule has 0 radical (unpaired) electrons. The van der Waals surface area contributed by atoms with Crippen molar-refractivity contribution in [3.05, 3.63) is 27.3 Å². The Morgan fingerprint density at radius 2 is 2.12 bits per heavy atom. The second-order valence-corrected chi connectivity index (χ2v) is 6.49. The zero-order valence-electron chi connectivity index (χ0n) is 9.23. The minimum absolute atomic E-state index is 0.0647. The van der Waals surface area contributed by atoms with Crippen molar-refractivity contribution in [3.63, 3.8) is 0 Å². The number of sulfonamides is 1. The van der Waals surface area contributed by atoms with Gasteiger partial charge in [0.15, 0.2) is 0 Å². The SMILES string of the molecule is CCCS(=O)(=O)NC(=O)c1ccc(N)c(I)c1. The molecule has 0 aliphatic heterocycles. The van der Waals surface area contributed by atoms with Gasteiger partial charge in [-0.05, 0) is 47.2 Å². The summed E-state index contributed by atoms with van der Waals surface area (Å²) < 4.78 is 25.5. The van der Waals surface area contributed by atoms with Gasteiger partial charge >= 0.3 is 0 Å². The maximum Gasteiger partial charge on any atom is 0.264 e. The Hall–Kier alpha value is -0.830. The summed E-state index contributed by atoms with van der Waals surface area (Å²) in [5, 5.41) is 0. The first-order valence-electron chi connectivity index (χ1n) is 4.95. The van der Waals surface area contributed by atoms with Gasteiger partial charge in [0.2, 0.25) is 10.0 Å². The molecule has 0 saturated carbocycles. The number of hydrogen-bond acceptors (Lipinski definition) is 4. The average Bonchev–Trinajstić information content (AvgIpc) is 2.21. The maximum absolute atomic E-state index is 11.7. The zero-order chi connectivity index (χ0) is 13.1. The normalized spacial score (nSPS) is 11.2. The van der Waals surface area contributed by atoms with E-state index in [0.29, 0.717) is 15.7 Å². The number of carbonyl (C=O) groups is 1. The van der Waals surface area contributed by atoms with E-state index >= 15 is 0 Å². The highest BCUT2D eigenvalue weighted by molar-refractivity contribution is 14.1. The molecule has 1 rings (SSSR count). The summed E-state index contributed by atoms with van der Waals surface area (Å²) in [6.07, 6.45) is 0.460. The van der Waals surface area contributed by atoms with Crippen LogP contribution in [0.5, 0.6) is 0 Å². The summed E-state index contributed by atoms with van der Waals surface area (Å²) in [6.45, 7) is 1.73. The molecule has 0 bridgehead atoms. The van der Waals surface area contributed by atoms with Gasteiger partial charge < -0.3 is 5.73 Å². The first-order valence-corrected chi connectivity index (χ1v) is 7.68. The fourth-order valence-corrected chi connectivity index (χ4v) is 2.74. The van der Waals surface area contributed by atoms with Crippen LogP contribution in [0, 0.1) is 3.57 Å². The van der Waals surface area contributed by atoms with Crippen molar-refractivity contribution >= 4 is 44.2 Å². The molecule has 1 aromatic carbocycles. The lowest BCUT2D eigenvalue weighted by Gasteiger charge is -2.06. The van der Waals surface area contributed by atoms with E-state index in [1.165, 1.54) is 6.07 Å². The molecule has 3 N–H and O–H groups in total. The number of anilines is 1. The van der Waals surface area contributed by atoms with E-state index in [2.05, 4.69) is 0 Å². The van der Waals surface area contributed by atoms with Crippen LogP contribution in [-0.2, 0) is 10.0 Å². The monoisotopic (exact) mass is 368 g/mol. The van der Waals surface area contributed by atoms with Gasteiger partial charge in [-0.2, -0.15) is 0 Å². The molecule has 0 fully saturated rings. The van der Waals surface area contributed by atoms with Gasteiger partial charge in [0.25, 0.3) is 5.91 Å². The topological polar surface area (TPSA) is 89.3 Å². The number of nitrogens with one attached hydrogen (secondary N) is 1. The second kappa shape index (κ2) is 5.67. The molecule has 1 amide bonds. The van der Waals surface area contributed by atoms with Gasteiger partial charge in [0.05, 0.1) is 5.75 Å². The Morgan fingerprint density at radius 1 is 1.47 bits per heavy atom. The quantitative estimate of drug-likeness (QED) is 0.620. The van der Waals surface area contributed by atoms with Gasteiger partial charge in [-0.15, -0.1) is 0 Å². The highest BCUT2D eigenvalue weighted by Gasteiger charge is 2.15. The van der Waals surface area contributed by atoms with Gasteiger partial charge in [-0.1, -0.05) is 6.92 Å². The number of amides is 1. The molecule has 94 valence electrons. The number of rotatable bonds is 4. The summed E-state index contributed by atoms with van der Waals surface area (Å²) >= 11 is 1.98. The predicted molar refractivity (Wildman–Crippen MR) is 75.1 cm³/mol. The third-order valence-corrected chi connectivity index (χ3v) is 4.36. The van der Waals surface area contributed by atoms with Gasteiger partial charge in [-0.3, -0.25) is 4.79 Å². The van der Waals surface area contributed by atoms with Crippen LogP contribution in [-0.4, -0.2) is 20.1 Å². The molecule has 0 aliphatic rings. The molecule has 0 unspecified atom stereocenters. The molecule has 0 atom stereocenters. The Bertz CT molecular complexity index is 528. The Morgan fingerprint density at radius 3 is 2.65 bits per heavy atom. The van der Waals surface area contributed by atoms with E-state index in [1.807, 2.05) is 27.3 Å². The number of benzene rings is 1. The van der Waals surface area contributed by atoms with Crippen LogP contribution in [0.15, 0.2) is 18.2 Å². The molecular weight excluding hydrogens is 355 g/mol. The third-order valence-electron chi connectivity index (χ3n) is 1.98. The Labute approximate surface area is 114 Å². The number of hydrogen-bond donors (Lipinski definition) is 2. The van der Waals surface area contributed by atoms with E-state index in [-0.39, 0.29) is 11.3 Å². The molecule has 0 saturated heterocycles. The maximum atomic E-state index is 11.7. The van der Waals surface area contributed by atoms with Crippen molar-refractivity contribution in [1.29, 1.82) is 0 Å². The van der Waals surface area contributed by atoms with Crippen molar-refractivity contribution in [1.82, 2.24) is 4.72 Å². The van der Waals surface area contributed by atoms with Gasteiger partial charge in [-0.25, -0.2) is 13.1 Å². The molecule has 17 heavy (non-hydrogen) atoms. The van der Waals surface area contributed by atoms with Crippen molar-refractivity contribution in [2.75, 3.05) is 11.5 Å². The largest absolute Gasteiger partial charge is 0.398 e. The molecule has 0 aromatic heterocycles. The molecule has 1 aromatic rings. The van der Waals surface area contributed by atoms with Crippen LogP contribution in [0.3, 0.4) is 0 Å². The van der Waals surface area contributed by atoms with Gasteiger partial charge in [0.1, 0.15) is 0 Å². The molecule has 0 heterocycles. The van der Waals surface area contributed by atoms with Crippen LogP contribution in [0.2, 0.25) is 0 Å². The molecule has 0 spiro atoms. The minimum atomic E-state index is -3.54. The van der Waals surface area contributed by atoms with E-state index in [1.54, 1.807) is 19.1 Å². The molecular formula is C10H13IN2O3S. The third kappa shape index (κ3) is 4.15. The number of nitrogen functional groups attached to an aromatic ring is 1. The van der Waals surface area contributed by atoms with E-state index in [0.717, 1.165) is 0 Å². The summed E-state index contributed by atoms with van der Waals surface area (Å²) in [5.74, 6) is -0.693. The summed E-state index contributed by atoms with van der Waals surface area (Å²) in [5.41, 5.74) is 6.44. The zero-order valence-corrected chi connectivity index (χ0v) is 12.2. The minimum Gasteiger partial charge on any atom is -0.398 e. The highest BCUT2D eigenvalue weighted by atomic mass is 127. The van der Waals surface area contributed by atoms with Crippen LogP contribution in [0.1, 0.15) is 23.7 Å². The first kappa shape index (κ1) is 14.2. The van der Waals surface area contributed by atoms with Gasteiger partial charge in [0, 0.05) is 14.8 Å². The standard InChI is InChI=1S/C10H13IN2O3S/c1-2-5-17(15,16)13-10(14)7-3-4-9(12)8(11)6-7/h3-4,6H,2,5,12H2,1H3,(H,13,14). The van der Waals surface area contributed by atoms with E-state index in [4.69, 9.17) is 5.73 Å². The molecule has 5 nitrogen and oxygen atoms in total. The lowest BCUT2D eigenvalue weighted by atomic mass is 10.2.